The third kappa shape index (κ3) is 2.74. The molecular formula is C15H16N2O. The second kappa shape index (κ2) is 5.45. The average Bonchev–Trinajstić information content (AvgIpc) is 2.40. The van der Waals surface area contributed by atoms with Crippen LogP contribution < -0.4 is 5.32 Å². The van der Waals surface area contributed by atoms with E-state index in [-0.39, 0.29) is 5.91 Å². The Hall–Kier alpha value is -2.16. The molecule has 0 saturated carbocycles. The molecule has 1 N–H and O–H groups in total. The highest BCUT2D eigenvalue weighted by atomic mass is 16.1. The van der Waals surface area contributed by atoms with E-state index in [1.807, 2.05) is 24.3 Å². The molecule has 0 radical (unpaired) electrons. The predicted octanol–water partition coefficient (Wildman–Crippen LogP) is 3.46. The number of aromatic nitrogens is 1. The lowest BCUT2D eigenvalue weighted by Crippen LogP contribution is -2.14. The minimum absolute atomic E-state index is 0.177. The molecule has 18 heavy (non-hydrogen) atoms. The maximum atomic E-state index is 12.0. The van der Waals surface area contributed by atoms with E-state index in [2.05, 4.69) is 24.1 Å². The van der Waals surface area contributed by atoms with Crippen LogP contribution >= 0.6 is 0 Å². The highest BCUT2D eigenvalue weighted by Crippen LogP contribution is 2.23. The monoisotopic (exact) mass is 240 g/mol. The molecule has 92 valence electrons. The molecule has 0 fully saturated rings. The molecular weight excluding hydrogens is 224 g/mol. The summed E-state index contributed by atoms with van der Waals surface area (Å²) in [4.78, 5) is 16.1. The lowest BCUT2D eigenvalue weighted by Gasteiger charge is -2.13. The minimum atomic E-state index is -0.177. The number of hydrogen-bond donors (Lipinski definition) is 1. The summed E-state index contributed by atoms with van der Waals surface area (Å²) >= 11 is 0. The first-order valence-corrected chi connectivity index (χ1v) is 6.00. The Labute approximate surface area is 107 Å². The van der Waals surface area contributed by atoms with Crippen LogP contribution in [0.4, 0.5) is 5.69 Å². The zero-order valence-electron chi connectivity index (χ0n) is 10.6. The number of anilines is 1. The summed E-state index contributed by atoms with van der Waals surface area (Å²) in [5, 5.41) is 2.91. The Morgan fingerprint density at radius 2 is 1.83 bits per heavy atom. The molecule has 0 aliphatic carbocycles. The van der Waals surface area contributed by atoms with Gasteiger partial charge >= 0.3 is 0 Å². The first kappa shape index (κ1) is 12.3. The maximum absolute atomic E-state index is 12.0. The van der Waals surface area contributed by atoms with Crippen molar-refractivity contribution in [2.24, 2.45) is 0 Å². The first-order chi connectivity index (χ1) is 8.68. The Morgan fingerprint density at radius 1 is 1.11 bits per heavy atom. The van der Waals surface area contributed by atoms with Gasteiger partial charge in [0.2, 0.25) is 0 Å². The van der Waals surface area contributed by atoms with Gasteiger partial charge in [0.25, 0.3) is 5.91 Å². The van der Waals surface area contributed by atoms with Crippen molar-refractivity contribution in [1.29, 1.82) is 0 Å². The van der Waals surface area contributed by atoms with Gasteiger partial charge < -0.3 is 5.32 Å². The van der Waals surface area contributed by atoms with Crippen LogP contribution in [0.15, 0.2) is 48.7 Å². The lowest BCUT2D eigenvalue weighted by atomic mass is 10.0. The topological polar surface area (TPSA) is 42.0 Å². The van der Waals surface area contributed by atoms with Crippen molar-refractivity contribution >= 4 is 11.6 Å². The van der Waals surface area contributed by atoms with Crippen LogP contribution in [0.5, 0.6) is 0 Å². The summed E-state index contributed by atoms with van der Waals surface area (Å²) in [6, 6.07) is 13.1. The van der Waals surface area contributed by atoms with E-state index in [0.29, 0.717) is 11.6 Å². The molecule has 2 aromatic rings. The average molecular weight is 240 g/mol. The molecule has 0 spiro atoms. The number of nitrogens with zero attached hydrogens (tertiary/aromatic N) is 1. The fraction of sp³-hybridized carbons (Fsp3) is 0.200. The molecule has 0 saturated heterocycles. The summed E-state index contributed by atoms with van der Waals surface area (Å²) in [6.45, 7) is 4.21. The Kier molecular flexibility index (Phi) is 3.72. The Bertz CT molecular complexity index is 535. The smallest absolute Gasteiger partial charge is 0.274 e. The van der Waals surface area contributed by atoms with Crippen molar-refractivity contribution in [3.63, 3.8) is 0 Å². The standard InChI is InChI=1S/C15H16N2O/c1-11(2)12-7-3-4-8-13(12)17-15(18)14-9-5-6-10-16-14/h3-11H,1-2H3,(H,17,18). The van der Waals surface area contributed by atoms with Crippen LogP contribution in [0.1, 0.15) is 35.8 Å². The minimum Gasteiger partial charge on any atom is -0.320 e. The Balaban J connectivity index is 2.22. The first-order valence-electron chi connectivity index (χ1n) is 6.00. The number of carbonyl (C=O) groups excluding carboxylic acids is 1. The van der Waals surface area contributed by atoms with Gasteiger partial charge in [-0.25, -0.2) is 0 Å². The van der Waals surface area contributed by atoms with Gasteiger partial charge in [0, 0.05) is 11.9 Å². The molecule has 0 unspecified atom stereocenters. The normalized spacial score (nSPS) is 10.4. The SMILES string of the molecule is CC(C)c1ccccc1NC(=O)c1ccccn1. The van der Waals surface area contributed by atoms with E-state index in [4.69, 9.17) is 0 Å². The number of benzene rings is 1. The molecule has 2 rings (SSSR count). The van der Waals surface area contributed by atoms with Crippen molar-refractivity contribution in [3.05, 3.63) is 59.9 Å². The maximum Gasteiger partial charge on any atom is 0.274 e. The molecule has 0 aliphatic heterocycles. The molecule has 0 atom stereocenters. The largest absolute Gasteiger partial charge is 0.320 e. The van der Waals surface area contributed by atoms with Gasteiger partial charge in [0.1, 0.15) is 5.69 Å². The molecule has 1 aromatic carbocycles. The third-order valence-electron chi connectivity index (χ3n) is 2.73. The highest BCUT2D eigenvalue weighted by molar-refractivity contribution is 6.03. The second-order valence-electron chi connectivity index (χ2n) is 4.41. The van der Waals surface area contributed by atoms with E-state index in [9.17, 15) is 4.79 Å². The number of para-hydroxylation sites is 1. The van der Waals surface area contributed by atoms with E-state index in [0.717, 1.165) is 11.3 Å². The van der Waals surface area contributed by atoms with E-state index >= 15 is 0 Å². The van der Waals surface area contributed by atoms with Gasteiger partial charge in [-0.2, -0.15) is 0 Å². The summed E-state index contributed by atoms with van der Waals surface area (Å²) < 4.78 is 0. The van der Waals surface area contributed by atoms with Crippen molar-refractivity contribution in [2.45, 2.75) is 19.8 Å². The van der Waals surface area contributed by atoms with Gasteiger partial charge in [-0.05, 0) is 29.7 Å². The molecule has 1 amide bonds. The van der Waals surface area contributed by atoms with Crippen LogP contribution in [0.3, 0.4) is 0 Å². The number of pyridine rings is 1. The zero-order chi connectivity index (χ0) is 13.0. The van der Waals surface area contributed by atoms with Crippen molar-refractivity contribution in [1.82, 2.24) is 4.98 Å². The van der Waals surface area contributed by atoms with Gasteiger partial charge in [-0.15, -0.1) is 0 Å². The third-order valence-corrected chi connectivity index (χ3v) is 2.73. The van der Waals surface area contributed by atoms with E-state index in [1.54, 1.807) is 24.4 Å². The molecule has 0 aliphatic rings. The fourth-order valence-electron chi connectivity index (χ4n) is 1.80. The van der Waals surface area contributed by atoms with Crippen molar-refractivity contribution in [3.8, 4) is 0 Å². The van der Waals surface area contributed by atoms with Crippen molar-refractivity contribution < 1.29 is 4.79 Å². The quantitative estimate of drug-likeness (QED) is 0.892. The molecule has 3 heteroatoms. The molecule has 3 nitrogen and oxygen atoms in total. The number of rotatable bonds is 3. The number of hydrogen-bond acceptors (Lipinski definition) is 2. The number of nitrogens with one attached hydrogen (secondary N) is 1. The van der Waals surface area contributed by atoms with Gasteiger partial charge in [0.05, 0.1) is 0 Å². The van der Waals surface area contributed by atoms with Gasteiger partial charge in [-0.3, -0.25) is 9.78 Å². The second-order valence-corrected chi connectivity index (χ2v) is 4.41. The summed E-state index contributed by atoms with van der Waals surface area (Å²) in [6.07, 6.45) is 1.61. The zero-order valence-corrected chi connectivity index (χ0v) is 10.6. The van der Waals surface area contributed by atoms with Crippen LogP contribution in [0.25, 0.3) is 0 Å². The van der Waals surface area contributed by atoms with Crippen molar-refractivity contribution in [2.75, 3.05) is 5.32 Å². The van der Waals surface area contributed by atoms with E-state index in [1.165, 1.54) is 0 Å². The summed E-state index contributed by atoms with van der Waals surface area (Å²) in [7, 11) is 0. The van der Waals surface area contributed by atoms with Crippen LogP contribution in [0.2, 0.25) is 0 Å². The van der Waals surface area contributed by atoms with Gasteiger partial charge in [0.15, 0.2) is 0 Å². The number of carbonyl (C=O) groups is 1. The van der Waals surface area contributed by atoms with E-state index < -0.39 is 0 Å². The molecule has 1 heterocycles. The molecule has 0 bridgehead atoms. The summed E-state index contributed by atoms with van der Waals surface area (Å²) in [5.41, 5.74) is 2.40. The van der Waals surface area contributed by atoms with Crippen LogP contribution in [-0.4, -0.2) is 10.9 Å². The lowest BCUT2D eigenvalue weighted by molar-refractivity contribution is 0.102. The highest BCUT2D eigenvalue weighted by Gasteiger charge is 2.10. The predicted molar refractivity (Wildman–Crippen MR) is 72.7 cm³/mol. The van der Waals surface area contributed by atoms with Crippen LogP contribution in [-0.2, 0) is 0 Å². The molecule has 1 aromatic heterocycles. The summed E-state index contributed by atoms with van der Waals surface area (Å²) in [5.74, 6) is 0.189. The Morgan fingerprint density at radius 3 is 2.50 bits per heavy atom. The number of amides is 1. The fourth-order valence-corrected chi connectivity index (χ4v) is 1.80. The van der Waals surface area contributed by atoms with Gasteiger partial charge in [-0.1, -0.05) is 38.1 Å². The van der Waals surface area contributed by atoms with Crippen LogP contribution in [0, 0.1) is 0 Å².